The van der Waals surface area contributed by atoms with Crippen LogP contribution in [0.1, 0.15) is 25.7 Å². The molecule has 100 valence electrons. The molecule has 1 amide bonds. The monoisotopic (exact) mass is 252 g/mol. The van der Waals surface area contributed by atoms with Gasteiger partial charge in [-0.2, -0.15) is 5.26 Å². The van der Waals surface area contributed by atoms with Gasteiger partial charge in [0.05, 0.1) is 12.1 Å². The molecule has 0 radical (unpaired) electrons. The van der Waals surface area contributed by atoms with Gasteiger partial charge in [0.25, 0.3) is 0 Å². The molecule has 6 N–H and O–H groups in total. The van der Waals surface area contributed by atoms with E-state index in [1.165, 1.54) is 0 Å². The van der Waals surface area contributed by atoms with Crippen LogP contribution in [0.15, 0.2) is 4.99 Å². The molecule has 0 aromatic carbocycles. The number of guanidine groups is 1. The van der Waals surface area contributed by atoms with E-state index in [9.17, 15) is 4.79 Å². The van der Waals surface area contributed by atoms with Crippen LogP contribution >= 0.6 is 0 Å². The molecule has 18 heavy (non-hydrogen) atoms. The number of likely N-dealkylation sites (tertiary alicyclic amines) is 1. The summed E-state index contributed by atoms with van der Waals surface area (Å²) in [5.41, 5.74) is 16.2. The van der Waals surface area contributed by atoms with E-state index in [2.05, 4.69) is 11.1 Å². The van der Waals surface area contributed by atoms with E-state index in [4.69, 9.17) is 22.5 Å². The molecule has 1 rings (SSSR count). The quantitative estimate of drug-likeness (QED) is 0.323. The first kappa shape index (κ1) is 14.3. The molecule has 1 aliphatic heterocycles. The summed E-state index contributed by atoms with van der Waals surface area (Å²) in [5.74, 6) is -0.109. The number of hydrogen-bond acceptors (Lipinski definition) is 4. The van der Waals surface area contributed by atoms with Crippen LogP contribution in [0.25, 0.3) is 0 Å². The van der Waals surface area contributed by atoms with Crippen LogP contribution in [-0.4, -0.2) is 41.9 Å². The van der Waals surface area contributed by atoms with Crippen molar-refractivity contribution in [1.82, 2.24) is 4.90 Å². The molecule has 2 atom stereocenters. The summed E-state index contributed by atoms with van der Waals surface area (Å²) in [4.78, 5) is 17.4. The first-order valence-corrected chi connectivity index (χ1v) is 6.07. The predicted molar refractivity (Wildman–Crippen MR) is 68.2 cm³/mol. The fourth-order valence-corrected chi connectivity index (χ4v) is 2.02. The van der Waals surface area contributed by atoms with Gasteiger partial charge < -0.3 is 22.1 Å². The van der Waals surface area contributed by atoms with Crippen molar-refractivity contribution in [3.05, 3.63) is 0 Å². The summed E-state index contributed by atoms with van der Waals surface area (Å²) < 4.78 is 0. The molecule has 0 saturated carbocycles. The maximum atomic E-state index is 12.0. The van der Waals surface area contributed by atoms with Crippen LogP contribution in [0.4, 0.5) is 0 Å². The van der Waals surface area contributed by atoms with Crippen LogP contribution in [0.3, 0.4) is 0 Å². The summed E-state index contributed by atoms with van der Waals surface area (Å²) in [6.45, 7) is 1.09. The Bertz CT molecular complexity index is 357. The highest BCUT2D eigenvalue weighted by molar-refractivity contribution is 5.82. The van der Waals surface area contributed by atoms with Gasteiger partial charge in [-0.05, 0) is 25.7 Å². The Hall–Kier alpha value is -1.81. The minimum Gasteiger partial charge on any atom is -0.370 e. The molecule has 0 unspecified atom stereocenters. The Morgan fingerprint density at radius 3 is 2.89 bits per heavy atom. The summed E-state index contributed by atoms with van der Waals surface area (Å²) in [6, 6.07) is 1.23. The minimum atomic E-state index is -0.576. The van der Waals surface area contributed by atoms with E-state index in [1.54, 1.807) is 4.90 Å². The van der Waals surface area contributed by atoms with Crippen LogP contribution < -0.4 is 17.2 Å². The van der Waals surface area contributed by atoms with Crippen LogP contribution in [0, 0.1) is 11.3 Å². The maximum Gasteiger partial charge on any atom is 0.240 e. The van der Waals surface area contributed by atoms with Crippen molar-refractivity contribution >= 4 is 11.9 Å². The maximum absolute atomic E-state index is 12.0. The van der Waals surface area contributed by atoms with Crippen molar-refractivity contribution in [3.8, 4) is 6.07 Å². The third kappa shape index (κ3) is 3.89. The number of nitrogens with two attached hydrogens (primary N) is 3. The number of amides is 1. The standard InChI is InChI=1S/C11H20N6O/c12-7-8-3-2-6-17(8)10(18)9(13)4-1-5-16-11(14)15/h8-9H,1-6,13H2,(H4,14,15,16)/t8-,9-/m0/s1. The van der Waals surface area contributed by atoms with E-state index >= 15 is 0 Å². The highest BCUT2D eigenvalue weighted by Crippen LogP contribution is 2.17. The number of aliphatic imine (C=N–C) groups is 1. The Morgan fingerprint density at radius 1 is 1.56 bits per heavy atom. The van der Waals surface area contributed by atoms with Gasteiger partial charge in [0.15, 0.2) is 5.96 Å². The van der Waals surface area contributed by atoms with Crippen molar-refractivity contribution in [3.63, 3.8) is 0 Å². The predicted octanol–water partition coefficient (Wildman–Crippen LogP) is -1.12. The molecule has 1 heterocycles. The van der Waals surface area contributed by atoms with Gasteiger partial charge in [-0.15, -0.1) is 0 Å². The van der Waals surface area contributed by atoms with E-state index in [0.717, 1.165) is 12.8 Å². The van der Waals surface area contributed by atoms with Crippen LogP contribution in [-0.2, 0) is 4.79 Å². The normalized spacial score (nSPS) is 20.2. The zero-order valence-corrected chi connectivity index (χ0v) is 10.4. The van der Waals surface area contributed by atoms with Crippen LogP contribution in [0.2, 0.25) is 0 Å². The molecule has 7 heteroatoms. The topological polar surface area (TPSA) is 135 Å². The molecule has 0 aromatic rings. The third-order valence-electron chi connectivity index (χ3n) is 2.97. The van der Waals surface area contributed by atoms with E-state index in [-0.39, 0.29) is 17.9 Å². The van der Waals surface area contributed by atoms with Gasteiger partial charge in [0, 0.05) is 13.1 Å². The second kappa shape index (κ2) is 6.81. The smallest absolute Gasteiger partial charge is 0.240 e. The van der Waals surface area contributed by atoms with Gasteiger partial charge in [-0.1, -0.05) is 0 Å². The molecular formula is C11H20N6O. The molecule has 7 nitrogen and oxygen atoms in total. The number of nitriles is 1. The summed E-state index contributed by atoms with van der Waals surface area (Å²) in [6.07, 6.45) is 2.77. The minimum absolute atomic E-state index is 0.0407. The van der Waals surface area contributed by atoms with Crippen molar-refractivity contribution in [1.29, 1.82) is 5.26 Å². The Kier molecular flexibility index (Phi) is 5.39. The molecule has 1 aliphatic rings. The van der Waals surface area contributed by atoms with Gasteiger partial charge in [0.1, 0.15) is 6.04 Å². The van der Waals surface area contributed by atoms with Crippen molar-refractivity contribution in [2.75, 3.05) is 13.1 Å². The summed E-state index contributed by atoms with van der Waals surface area (Å²) in [7, 11) is 0. The van der Waals surface area contributed by atoms with Crippen molar-refractivity contribution in [2.45, 2.75) is 37.8 Å². The van der Waals surface area contributed by atoms with Crippen LogP contribution in [0.5, 0.6) is 0 Å². The van der Waals surface area contributed by atoms with E-state index < -0.39 is 6.04 Å². The fourth-order valence-electron chi connectivity index (χ4n) is 2.02. The molecule has 0 bridgehead atoms. The molecule has 0 aromatic heterocycles. The summed E-state index contributed by atoms with van der Waals surface area (Å²) in [5, 5.41) is 8.91. The molecule has 1 fully saturated rings. The Morgan fingerprint density at radius 2 is 2.28 bits per heavy atom. The number of hydrogen-bond donors (Lipinski definition) is 3. The highest BCUT2D eigenvalue weighted by Gasteiger charge is 2.31. The molecular weight excluding hydrogens is 232 g/mol. The van der Waals surface area contributed by atoms with E-state index in [1.807, 2.05) is 0 Å². The second-order valence-corrected chi connectivity index (χ2v) is 4.37. The first-order chi connectivity index (χ1) is 8.56. The Labute approximate surface area is 107 Å². The fraction of sp³-hybridized carbons (Fsp3) is 0.727. The first-order valence-electron chi connectivity index (χ1n) is 6.07. The zero-order chi connectivity index (χ0) is 13.5. The highest BCUT2D eigenvalue weighted by atomic mass is 16.2. The molecule has 1 saturated heterocycles. The SMILES string of the molecule is N#C[C@@H]1CCCN1C(=O)[C@@H](N)CCCN=C(N)N. The lowest BCUT2D eigenvalue weighted by molar-refractivity contribution is -0.132. The number of rotatable bonds is 5. The number of carbonyl (C=O) groups excluding carboxylic acids is 1. The summed E-state index contributed by atoms with van der Waals surface area (Å²) >= 11 is 0. The zero-order valence-electron chi connectivity index (χ0n) is 10.4. The third-order valence-corrected chi connectivity index (χ3v) is 2.97. The van der Waals surface area contributed by atoms with Crippen molar-refractivity contribution < 1.29 is 4.79 Å². The Balaban J connectivity index is 2.37. The lowest BCUT2D eigenvalue weighted by Crippen LogP contribution is -2.45. The lowest BCUT2D eigenvalue weighted by Gasteiger charge is -2.23. The average molecular weight is 252 g/mol. The lowest BCUT2D eigenvalue weighted by atomic mass is 10.1. The molecule has 0 aliphatic carbocycles. The second-order valence-electron chi connectivity index (χ2n) is 4.37. The number of carbonyl (C=O) groups is 1. The number of nitrogens with zero attached hydrogens (tertiary/aromatic N) is 3. The van der Waals surface area contributed by atoms with Gasteiger partial charge in [0.2, 0.25) is 5.91 Å². The van der Waals surface area contributed by atoms with Crippen molar-refractivity contribution in [2.24, 2.45) is 22.2 Å². The van der Waals surface area contributed by atoms with Gasteiger partial charge >= 0.3 is 0 Å². The largest absolute Gasteiger partial charge is 0.370 e. The molecule has 0 spiro atoms. The average Bonchev–Trinajstić information content (AvgIpc) is 2.81. The van der Waals surface area contributed by atoms with Gasteiger partial charge in [-0.25, -0.2) is 0 Å². The van der Waals surface area contributed by atoms with E-state index in [0.29, 0.717) is 25.9 Å². The van der Waals surface area contributed by atoms with Gasteiger partial charge in [-0.3, -0.25) is 9.79 Å².